The summed E-state index contributed by atoms with van der Waals surface area (Å²) in [6.07, 6.45) is 18.2. The van der Waals surface area contributed by atoms with Gasteiger partial charge < -0.3 is 55.1 Å². The van der Waals surface area contributed by atoms with Crippen LogP contribution in [0.3, 0.4) is 0 Å². The fraction of sp³-hybridized carbons (Fsp3) is 0.776. The van der Waals surface area contributed by atoms with Gasteiger partial charge in [0.1, 0.15) is 53.6 Å². The molecule has 102 heavy (non-hydrogen) atoms. The zero-order chi connectivity index (χ0) is 78.8. The Morgan fingerprint density at radius 1 is 0.588 bits per heavy atom. The topological polar surface area (TPSA) is 343 Å². The first-order chi connectivity index (χ1) is 47.7. The minimum absolute atomic E-state index is 0.00834. The molecule has 0 aliphatic heterocycles. The highest BCUT2D eigenvalue weighted by molar-refractivity contribution is 8.77. The van der Waals surface area contributed by atoms with E-state index in [-0.39, 0.29) is 102 Å². The third kappa shape index (κ3) is 63.7. The fourth-order valence-corrected chi connectivity index (χ4v) is 11.1. The molecule has 0 aliphatic rings. The Balaban J connectivity index is -0.000000694. The summed E-state index contributed by atoms with van der Waals surface area (Å²) in [4.78, 5) is 130. The largest absolute Gasteiger partial charge is 0.491 e. The van der Waals surface area contributed by atoms with E-state index in [2.05, 4.69) is 57.4 Å². The lowest BCUT2D eigenvalue weighted by molar-refractivity contribution is -0.125. The number of azide groups is 1. The number of nitrogens with zero attached hydrogens (tertiary/aromatic N) is 3. The lowest BCUT2D eigenvalue weighted by Crippen LogP contribution is -2.48. The van der Waals surface area contributed by atoms with Crippen LogP contribution in [0.1, 0.15) is 297 Å². The van der Waals surface area contributed by atoms with Gasteiger partial charge in [0.15, 0.2) is 29.4 Å². The zero-order valence-electron chi connectivity index (χ0n) is 66.5. The molecule has 588 valence electrons. The van der Waals surface area contributed by atoms with Crippen LogP contribution < -0.4 is 31.3 Å². The molecule has 0 aliphatic carbocycles. The quantitative estimate of drug-likeness (QED) is 0.0101. The second-order valence-corrected chi connectivity index (χ2v) is 31.4. The molecule has 4 atom stereocenters. The lowest BCUT2D eigenvalue weighted by Gasteiger charge is -2.23. The number of unbranched alkanes of at least 4 members (excludes halogenated alkanes) is 11. The first-order valence-electron chi connectivity index (χ1n) is 36.7. The number of hydrogen-bond acceptors (Lipinski definition) is 20. The minimum Gasteiger partial charge on any atom is -0.491 e. The predicted octanol–water partition coefficient (Wildman–Crippen LogP) is 16.2. The molecular formula is C76H136N8O16S2. The molecule has 0 bridgehead atoms. The highest BCUT2D eigenvalue weighted by atomic mass is 33.1. The summed E-state index contributed by atoms with van der Waals surface area (Å²) in [6, 6.07) is 5.03. The maximum Gasteiger partial charge on any atom is 0.408 e. The molecule has 0 spiro atoms. The summed E-state index contributed by atoms with van der Waals surface area (Å²) in [5.74, 6) is 1.44. The number of carbonyl (C=O) groups excluding carboxylic acids is 11. The average molecular weight is 1480 g/mol. The van der Waals surface area contributed by atoms with Gasteiger partial charge in [0.2, 0.25) is 11.8 Å². The molecule has 0 aromatic heterocycles. The van der Waals surface area contributed by atoms with Gasteiger partial charge in [-0.15, -0.1) is 0 Å². The Kier molecular flexibility index (Phi) is 61.7. The summed E-state index contributed by atoms with van der Waals surface area (Å²) in [5.41, 5.74) is 7.89. The van der Waals surface area contributed by atoms with Gasteiger partial charge in [-0.25, -0.2) is 9.59 Å². The van der Waals surface area contributed by atoms with Crippen LogP contribution in [0.25, 0.3) is 10.4 Å². The number of benzene rings is 1. The number of alkyl carbamates (subject to hydrolysis) is 2. The van der Waals surface area contributed by atoms with Gasteiger partial charge in [-0.1, -0.05) is 170 Å². The third-order valence-corrected chi connectivity index (χ3v) is 18.5. The van der Waals surface area contributed by atoms with Crippen molar-refractivity contribution in [3.05, 3.63) is 40.3 Å². The molecule has 4 amide bonds. The normalized spacial score (nSPS) is 12.2. The standard InChI is InChI=1S/C32H49N5O9.C14H27NO3.C11H21NO2.C11H22O.C8H17NOS2/c1-6-25(39)21-43-18-19-44-29(36-37-33)22-45-26-14-10-13-24(20-26)28(40)16-11-17-34-30(41)27(15-9-7-8-12-23(2)38)35-31(42)46-32(3,4)5;1-6-7-8-9-10-12(11(2)16)15-13(17)18-14(3,4)5;1-4-5-6-7-8-11(9(2)13)12-10(3)14;1-5-6-7-8-9-11(3,4)10(2)12;1-7(10)8(2,3)12-11-6-5-9-4/h10,13-14,20,27,29H,6-9,11-12,15-19,21-22H2,1-5H3,(H,34,41)(H,35,42);12H,6-10H2,1-5H3,(H,15,17);11H,4-8H2,1-3H3,(H,12,14);5-9H2,1-4H3;9H,5-6H2,1-4H3. The van der Waals surface area contributed by atoms with Gasteiger partial charge in [0.05, 0.1) is 30.0 Å². The van der Waals surface area contributed by atoms with Crippen molar-refractivity contribution in [2.45, 2.75) is 326 Å². The van der Waals surface area contributed by atoms with E-state index in [0.717, 1.165) is 70.1 Å². The average Bonchev–Trinajstić information content (AvgIpc) is 0.815. The van der Waals surface area contributed by atoms with Crippen molar-refractivity contribution in [3.63, 3.8) is 0 Å². The lowest BCUT2D eigenvalue weighted by atomic mass is 9.83. The van der Waals surface area contributed by atoms with E-state index >= 15 is 0 Å². The van der Waals surface area contributed by atoms with E-state index in [1.165, 1.54) is 66.2 Å². The van der Waals surface area contributed by atoms with Crippen LogP contribution in [0, 0.1) is 5.41 Å². The molecule has 26 heteroatoms. The van der Waals surface area contributed by atoms with Crippen molar-refractivity contribution in [1.82, 2.24) is 26.6 Å². The molecule has 1 aromatic carbocycles. The third-order valence-electron chi connectivity index (χ3n) is 15.2. The van der Waals surface area contributed by atoms with Crippen LogP contribution >= 0.6 is 21.6 Å². The Bertz CT molecular complexity index is 2570. The molecule has 4 unspecified atom stereocenters. The van der Waals surface area contributed by atoms with Crippen LogP contribution in [-0.4, -0.2) is 157 Å². The minimum atomic E-state index is -0.937. The molecule has 24 nitrogen and oxygen atoms in total. The number of carbonyl (C=O) groups is 11. The number of amides is 4. The molecule has 0 saturated heterocycles. The van der Waals surface area contributed by atoms with Gasteiger partial charge in [-0.3, -0.25) is 38.4 Å². The second-order valence-electron chi connectivity index (χ2n) is 28.3. The Labute approximate surface area is 621 Å². The number of ketones is 7. The smallest absolute Gasteiger partial charge is 0.408 e. The molecule has 0 fully saturated rings. The van der Waals surface area contributed by atoms with E-state index in [9.17, 15) is 52.7 Å². The van der Waals surface area contributed by atoms with Crippen molar-refractivity contribution in [2.75, 3.05) is 52.3 Å². The summed E-state index contributed by atoms with van der Waals surface area (Å²) in [6.45, 7) is 37.6. The van der Waals surface area contributed by atoms with E-state index < -0.39 is 41.7 Å². The van der Waals surface area contributed by atoms with Gasteiger partial charge in [-0.2, -0.15) is 0 Å². The first-order valence-corrected chi connectivity index (χ1v) is 39.0. The second kappa shape index (κ2) is 61.4. The molecule has 0 radical (unpaired) electrons. The van der Waals surface area contributed by atoms with Crippen molar-refractivity contribution >= 4 is 86.1 Å². The number of hydrogen-bond donors (Lipinski definition) is 5. The van der Waals surface area contributed by atoms with Crippen LogP contribution in [0.4, 0.5) is 9.59 Å². The van der Waals surface area contributed by atoms with Crippen LogP contribution in [-0.2, 0) is 57.3 Å². The highest BCUT2D eigenvalue weighted by Crippen LogP contribution is 2.36. The molecule has 0 saturated carbocycles. The fourth-order valence-electron chi connectivity index (χ4n) is 8.54. The Morgan fingerprint density at radius 3 is 1.56 bits per heavy atom. The molecule has 1 aromatic rings. The molecule has 5 N–H and O–H groups in total. The van der Waals surface area contributed by atoms with Crippen molar-refractivity contribution in [3.8, 4) is 5.75 Å². The highest BCUT2D eigenvalue weighted by Gasteiger charge is 2.27. The van der Waals surface area contributed by atoms with E-state index in [1.807, 2.05) is 34.7 Å². The summed E-state index contributed by atoms with van der Waals surface area (Å²) in [5, 5.41) is 17.3. The number of rotatable bonds is 50. The maximum absolute atomic E-state index is 12.9. The zero-order valence-corrected chi connectivity index (χ0v) is 68.2. The van der Waals surface area contributed by atoms with Crippen LogP contribution in [0.5, 0.6) is 5.75 Å². The van der Waals surface area contributed by atoms with Crippen molar-refractivity contribution < 1.29 is 76.4 Å². The Morgan fingerprint density at radius 2 is 1.10 bits per heavy atom. The number of ether oxygens (including phenoxy) is 5. The monoisotopic (exact) mass is 1480 g/mol. The summed E-state index contributed by atoms with van der Waals surface area (Å²) >= 11 is 0. The first kappa shape index (κ1) is 102. The van der Waals surface area contributed by atoms with Gasteiger partial charge in [-0.05, 0) is 153 Å². The summed E-state index contributed by atoms with van der Waals surface area (Å²) in [7, 11) is 5.33. The van der Waals surface area contributed by atoms with Gasteiger partial charge in [0.25, 0.3) is 0 Å². The summed E-state index contributed by atoms with van der Waals surface area (Å²) < 4.78 is 26.5. The molecular weight excluding hydrogens is 1350 g/mol. The van der Waals surface area contributed by atoms with Crippen molar-refractivity contribution in [1.29, 1.82) is 0 Å². The van der Waals surface area contributed by atoms with Crippen LogP contribution in [0.2, 0.25) is 0 Å². The predicted molar refractivity (Wildman–Crippen MR) is 412 cm³/mol. The van der Waals surface area contributed by atoms with Crippen LogP contribution in [0.15, 0.2) is 29.4 Å². The van der Waals surface area contributed by atoms with E-state index in [4.69, 9.17) is 29.2 Å². The van der Waals surface area contributed by atoms with E-state index in [1.54, 1.807) is 108 Å². The molecule has 1 rings (SSSR count). The van der Waals surface area contributed by atoms with E-state index in [0.29, 0.717) is 62.0 Å². The number of nitrogens with one attached hydrogen (secondary N) is 5. The number of Topliss-reactive ketones (excluding diaryl/α,β-unsaturated/α-hetero) is 7. The van der Waals surface area contributed by atoms with Gasteiger partial charge in [0, 0.05) is 60.9 Å². The Hall–Kier alpha value is -5.92. The molecule has 0 heterocycles. The maximum atomic E-state index is 12.9. The SMILES string of the molecule is CCC(=O)COCCOC(COc1cccc(C(=O)CCCNC(=O)C(CCCCCC(C)=O)NC(=O)OC(C)(C)C)c1)N=[N+]=[N-].CCCCCCC(C)(C)C(C)=O.CCCCCCC(NC(=O)OC(C)(C)C)C(C)=O.CCCCCCC(NC(C)=O)C(C)=O.CNCCSSC(C)(C)C(C)=O. The van der Waals surface area contributed by atoms with Crippen molar-refractivity contribution in [2.24, 2.45) is 10.5 Å². The van der Waals surface area contributed by atoms with Gasteiger partial charge >= 0.3 is 12.2 Å².